The summed E-state index contributed by atoms with van der Waals surface area (Å²) >= 11 is 0. The molecular weight excluding hydrogens is 208 g/mol. The molecule has 84 valence electrons. The number of para-hydroxylation sites is 1. The number of aromatic nitrogens is 2. The molecule has 3 rings (SSSR count). The topological polar surface area (TPSA) is 8.81 Å². The van der Waals surface area contributed by atoms with Gasteiger partial charge in [-0.1, -0.05) is 18.2 Å². The van der Waals surface area contributed by atoms with Gasteiger partial charge in [0.25, 0.3) is 0 Å². The lowest BCUT2D eigenvalue weighted by Gasteiger charge is -1.97. The Morgan fingerprint density at radius 3 is 2.47 bits per heavy atom. The minimum atomic E-state index is 1.26. The second-order valence-electron chi connectivity index (χ2n) is 4.42. The summed E-state index contributed by atoms with van der Waals surface area (Å²) < 4.78 is 4.23. The highest BCUT2D eigenvalue weighted by Crippen LogP contribution is 2.29. The lowest BCUT2D eigenvalue weighted by molar-refractivity contribution is -0.671. The van der Waals surface area contributed by atoms with Gasteiger partial charge in [-0.25, -0.2) is 4.57 Å². The van der Waals surface area contributed by atoms with Gasteiger partial charge in [-0.2, -0.15) is 0 Å². The number of nitrogens with zero attached hydrogens (tertiary/aromatic N) is 2. The molecule has 0 fully saturated rings. The predicted molar refractivity (Wildman–Crippen MR) is 69.5 cm³/mol. The number of hydrogen-bond acceptors (Lipinski definition) is 0. The third-order valence-corrected chi connectivity index (χ3v) is 3.19. The number of pyridine rings is 1. The molecule has 0 spiro atoms. The molecule has 3 aromatic rings. The number of fused-ring (bicyclic) bond motifs is 1. The third kappa shape index (κ3) is 1.62. The monoisotopic (exact) mass is 223 g/mol. The van der Waals surface area contributed by atoms with Gasteiger partial charge in [-0.15, -0.1) is 0 Å². The van der Waals surface area contributed by atoms with Crippen LogP contribution in [0.15, 0.2) is 55.0 Å². The SMILES string of the molecule is Cn1cc(-c2cc[n+](C)cc2)c2ccccc21. The summed E-state index contributed by atoms with van der Waals surface area (Å²) in [6.07, 6.45) is 6.36. The van der Waals surface area contributed by atoms with E-state index < -0.39 is 0 Å². The van der Waals surface area contributed by atoms with E-state index in [-0.39, 0.29) is 0 Å². The zero-order valence-electron chi connectivity index (χ0n) is 10.1. The standard InChI is InChI=1S/C15H15N2/c1-16-9-7-12(8-10-16)14-11-17(2)15-6-4-3-5-13(14)15/h3-11H,1-2H3/q+1. The molecule has 0 saturated heterocycles. The summed E-state index contributed by atoms with van der Waals surface area (Å²) in [6.45, 7) is 0. The number of benzene rings is 1. The van der Waals surface area contributed by atoms with Crippen molar-refractivity contribution in [2.45, 2.75) is 0 Å². The maximum atomic E-state index is 2.19. The molecule has 0 aliphatic rings. The van der Waals surface area contributed by atoms with Gasteiger partial charge in [0, 0.05) is 41.8 Å². The van der Waals surface area contributed by atoms with Crippen molar-refractivity contribution < 1.29 is 4.57 Å². The highest BCUT2D eigenvalue weighted by molar-refractivity contribution is 5.95. The Balaban J connectivity index is 2.27. The molecule has 2 nitrogen and oxygen atoms in total. The Hall–Kier alpha value is -2.09. The molecule has 0 saturated carbocycles. The van der Waals surface area contributed by atoms with E-state index in [2.05, 4.69) is 71.2 Å². The molecule has 2 aromatic heterocycles. The molecule has 2 heteroatoms. The van der Waals surface area contributed by atoms with Crippen molar-refractivity contribution in [2.75, 3.05) is 0 Å². The molecule has 1 aromatic carbocycles. The van der Waals surface area contributed by atoms with Gasteiger partial charge in [-0.3, -0.25) is 0 Å². The van der Waals surface area contributed by atoms with Crippen molar-refractivity contribution in [3.05, 3.63) is 55.0 Å². The van der Waals surface area contributed by atoms with E-state index in [0.717, 1.165) is 0 Å². The average Bonchev–Trinajstić information content (AvgIpc) is 2.69. The fourth-order valence-corrected chi connectivity index (χ4v) is 2.25. The van der Waals surface area contributed by atoms with Crippen LogP contribution in [0.25, 0.3) is 22.0 Å². The van der Waals surface area contributed by atoms with E-state index >= 15 is 0 Å². The van der Waals surface area contributed by atoms with Gasteiger partial charge in [-0.05, 0) is 11.6 Å². The van der Waals surface area contributed by atoms with Gasteiger partial charge in [0.1, 0.15) is 7.05 Å². The van der Waals surface area contributed by atoms with E-state index in [1.54, 1.807) is 0 Å². The van der Waals surface area contributed by atoms with Gasteiger partial charge >= 0.3 is 0 Å². The molecule has 0 aliphatic heterocycles. The van der Waals surface area contributed by atoms with Crippen LogP contribution in [0.2, 0.25) is 0 Å². The second-order valence-corrected chi connectivity index (χ2v) is 4.42. The fraction of sp³-hybridized carbons (Fsp3) is 0.133. The summed E-state index contributed by atoms with van der Waals surface area (Å²) in [4.78, 5) is 0. The third-order valence-electron chi connectivity index (χ3n) is 3.19. The van der Waals surface area contributed by atoms with Crippen LogP contribution in [0.4, 0.5) is 0 Å². The molecule has 0 atom stereocenters. The smallest absolute Gasteiger partial charge is 0.169 e. The largest absolute Gasteiger partial charge is 0.350 e. The van der Waals surface area contributed by atoms with Crippen molar-refractivity contribution in [3.63, 3.8) is 0 Å². The van der Waals surface area contributed by atoms with Crippen LogP contribution in [-0.2, 0) is 14.1 Å². The normalized spacial score (nSPS) is 10.9. The first kappa shape index (κ1) is 10.1. The Kier molecular flexibility index (Phi) is 2.22. The van der Waals surface area contributed by atoms with Crippen LogP contribution in [0.5, 0.6) is 0 Å². The van der Waals surface area contributed by atoms with Crippen molar-refractivity contribution in [1.82, 2.24) is 4.57 Å². The maximum Gasteiger partial charge on any atom is 0.169 e. The summed E-state index contributed by atoms with van der Waals surface area (Å²) in [5.41, 5.74) is 3.83. The predicted octanol–water partition coefficient (Wildman–Crippen LogP) is 2.67. The lowest BCUT2D eigenvalue weighted by atomic mass is 10.1. The summed E-state index contributed by atoms with van der Waals surface area (Å²) in [5.74, 6) is 0. The zero-order chi connectivity index (χ0) is 11.8. The first-order valence-electron chi connectivity index (χ1n) is 5.75. The zero-order valence-corrected chi connectivity index (χ0v) is 10.1. The van der Waals surface area contributed by atoms with Gasteiger partial charge < -0.3 is 4.57 Å². The minimum absolute atomic E-state index is 1.26. The highest BCUT2D eigenvalue weighted by Gasteiger charge is 2.08. The van der Waals surface area contributed by atoms with Crippen LogP contribution >= 0.6 is 0 Å². The summed E-state index contributed by atoms with van der Waals surface area (Å²) in [7, 11) is 4.13. The lowest BCUT2D eigenvalue weighted by Crippen LogP contribution is -2.25. The molecule has 17 heavy (non-hydrogen) atoms. The maximum absolute atomic E-state index is 2.19. The van der Waals surface area contributed by atoms with Crippen molar-refractivity contribution in [1.29, 1.82) is 0 Å². The molecule has 0 unspecified atom stereocenters. The van der Waals surface area contributed by atoms with Crippen LogP contribution in [-0.4, -0.2) is 4.57 Å². The van der Waals surface area contributed by atoms with Crippen molar-refractivity contribution >= 4 is 10.9 Å². The molecule has 0 aliphatic carbocycles. The molecule has 2 heterocycles. The van der Waals surface area contributed by atoms with Crippen molar-refractivity contribution in [2.24, 2.45) is 14.1 Å². The summed E-state index contributed by atoms with van der Waals surface area (Å²) in [5, 5.41) is 1.31. The van der Waals surface area contributed by atoms with E-state index in [4.69, 9.17) is 0 Å². The Bertz CT molecular complexity index is 663. The number of hydrogen-bond donors (Lipinski definition) is 0. The first-order chi connectivity index (χ1) is 8.25. The van der Waals surface area contributed by atoms with Gasteiger partial charge in [0.15, 0.2) is 12.4 Å². The van der Waals surface area contributed by atoms with Crippen LogP contribution in [0, 0.1) is 0 Å². The Morgan fingerprint density at radius 1 is 1.00 bits per heavy atom. The quantitative estimate of drug-likeness (QED) is 0.561. The molecule has 0 bridgehead atoms. The van der Waals surface area contributed by atoms with Crippen LogP contribution in [0.1, 0.15) is 0 Å². The summed E-state index contributed by atoms with van der Waals surface area (Å²) in [6, 6.07) is 12.8. The molecule has 0 radical (unpaired) electrons. The number of rotatable bonds is 1. The first-order valence-corrected chi connectivity index (χ1v) is 5.75. The van der Waals surface area contributed by atoms with Crippen molar-refractivity contribution in [3.8, 4) is 11.1 Å². The van der Waals surface area contributed by atoms with Crippen LogP contribution in [0.3, 0.4) is 0 Å². The van der Waals surface area contributed by atoms with E-state index in [0.29, 0.717) is 0 Å². The minimum Gasteiger partial charge on any atom is -0.350 e. The average molecular weight is 223 g/mol. The molecular formula is C15H15N2+. The fourth-order valence-electron chi connectivity index (χ4n) is 2.25. The van der Waals surface area contributed by atoms with Gasteiger partial charge in [0.05, 0.1) is 0 Å². The van der Waals surface area contributed by atoms with Crippen LogP contribution < -0.4 is 4.57 Å². The molecule has 0 amide bonds. The highest BCUT2D eigenvalue weighted by atomic mass is 14.9. The van der Waals surface area contributed by atoms with E-state index in [1.807, 2.05) is 7.05 Å². The second kappa shape index (κ2) is 3.74. The Labute approximate surface area is 101 Å². The molecule has 0 N–H and O–H groups in total. The van der Waals surface area contributed by atoms with E-state index in [9.17, 15) is 0 Å². The number of aryl methyl sites for hydroxylation is 2. The Morgan fingerprint density at radius 2 is 1.71 bits per heavy atom. The van der Waals surface area contributed by atoms with E-state index in [1.165, 1.54) is 22.0 Å². The van der Waals surface area contributed by atoms with Gasteiger partial charge in [0.2, 0.25) is 0 Å².